The number of hydrogen-bond donors (Lipinski definition) is 1. The number of ether oxygens (including phenoxy) is 2. The molecule has 0 radical (unpaired) electrons. The van der Waals surface area contributed by atoms with Gasteiger partial charge in [-0.25, -0.2) is 0 Å². The molecule has 1 aliphatic rings. The molecule has 0 spiro atoms. The lowest BCUT2D eigenvalue weighted by molar-refractivity contribution is -0.0260. The standard InChI is InChI=1S/C15H24N2O2/c1-2-7-18-14-5-3-4-13(9-14)11-17-6-8-19-15(10-16)12-17/h3-5,9,15H,2,6-8,10-12,16H2,1H3. The van der Waals surface area contributed by atoms with Gasteiger partial charge in [-0.05, 0) is 24.1 Å². The zero-order valence-corrected chi connectivity index (χ0v) is 11.7. The molecular weight excluding hydrogens is 240 g/mol. The fourth-order valence-corrected chi connectivity index (χ4v) is 2.28. The molecule has 1 fully saturated rings. The molecule has 1 atom stereocenters. The van der Waals surface area contributed by atoms with Crippen molar-refractivity contribution in [1.82, 2.24) is 4.90 Å². The minimum absolute atomic E-state index is 0.174. The van der Waals surface area contributed by atoms with E-state index in [1.807, 2.05) is 6.07 Å². The van der Waals surface area contributed by atoms with E-state index in [0.717, 1.165) is 45.0 Å². The molecule has 1 saturated heterocycles. The van der Waals surface area contributed by atoms with Crippen molar-refractivity contribution < 1.29 is 9.47 Å². The van der Waals surface area contributed by atoms with Crippen LogP contribution in [0.1, 0.15) is 18.9 Å². The SMILES string of the molecule is CCCOc1cccc(CN2CCOC(CN)C2)c1. The van der Waals surface area contributed by atoms with Crippen LogP contribution < -0.4 is 10.5 Å². The van der Waals surface area contributed by atoms with Gasteiger partial charge in [0.1, 0.15) is 5.75 Å². The second-order valence-electron chi connectivity index (χ2n) is 4.96. The van der Waals surface area contributed by atoms with Crippen LogP contribution in [0, 0.1) is 0 Å². The lowest BCUT2D eigenvalue weighted by atomic mass is 10.2. The van der Waals surface area contributed by atoms with Crippen LogP contribution in [0.3, 0.4) is 0 Å². The van der Waals surface area contributed by atoms with Crippen LogP contribution >= 0.6 is 0 Å². The van der Waals surface area contributed by atoms with E-state index in [1.54, 1.807) is 0 Å². The average Bonchev–Trinajstić information content (AvgIpc) is 2.46. The maximum Gasteiger partial charge on any atom is 0.119 e. The van der Waals surface area contributed by atoms with Crippen molar-refractivity contribution in [2.45, 2.75) is 26.0 Å². The molecule has 19 heavy (non-hydrogen) atoms. The predicted molar refractivity (Wildman–Crippen MR) is 76.3 cm³/mol. The smallest absolute Gasteiger partial charge is 0.119 e. The molecule has 4 heteroatoms. The van der Waals surface area contributed by atoms with Gasteiger partial charge in [0.05, 0.1) is 19.3 Å². The van der Waals surface area contributed by atoms with E-state index < -0.39 is 0 Å². The number of morpholine rings is 1. The maximum absolute atomic E-state index is 5.67. The minimum Gasteiger partial charge on any atom is -0.494 e. The highest BCUT2D eigenvalue weighted by Gasteiger charge is 2.19. The van der Waals surface area contributed by atoms with Crippen LogP contribution in [0.2, 0.25) is 0 Å². The fraction of sp³-hybridized carbons (Fsp3) is 0.600. The Kier molecular flexibility index (Phi) is 5.63. The highest BCUT2D eigenvalue weighted by atomic mass is 16.5. The van der Waals surface area contributed by atoms with Crippen LogP contribution in [0.15, 0.2) is 24.3 Å². The van der Waals surface area contributed by atoms with Crippen molar-refractivity contribution >= 4 is 0 Å². The molecule has 0 bridgehead atoms. The summed E-state index contributed by atoms with van der Waals surface area (Å²) in [5.41, 5.74) is 6.95. The van der Waals surface area contributed by atoms with Crippen LogP contribution in [-0.2, 0) is 11.3 Å². The second kappa shape index (κ2) is 7.48. The highest BCUT2D eigenvalue weighted by Crippen LogP contribution is 2.16. The Morgan fingerprint density at radius 2 is 2.37 bits per heavy atom. The molecule has 106 valence electrons. The van der Waals surface area contributed by atoms with Gasteiger partial charge in [-0.3, -0.25) is 4.90 Å². The van der Waals surface area contributed by atoms with Gasteiger partial charge in [0.25, 0.3) is 0 Å². The van der Waals surface area contributed by atoms with Crippen LogP contribution in [0.5, 0.6) is 5.75 Å². The maximum atomic E-state index is 5.67. The van der Waals surface area contributed by atoms with Gasteiger partial charge in [0.2, 0.25) is 0 Å². The van der Waals surface area contributed by atoms with Gasteiger partial charge >= 0.3 is 0 Å². The quantitative estimate of drug-likeness (QED) is 0.848. The Bertz CT molecular complexity index is 384. The first-order chi connectivity index (χ1) is 9.31. The van der Waals surface area contributed by atoms with Crippen molar-refractivity contribution in [1.29, 1.82) is 0 Å². The molecule has 0 amide bonds. The minimum atomic E-state index is 0.174. The van der Waals surface area contributed by atoms with Gasteiger partial charge in [0, 0.05) is 26.2 Å². The number of hydrogen-bond acceptors (Lipinski definition) is 4. The molecule has 2 rings (SSSR count). The zero-order chi connectivity index (χ0) is 13.5. The van der Waals surface area contributed by atoms with Crippen molar-refractivity contribution in [2.75, 3.05) is 32.8 Å². The van der Waals surface area contributed by atoms with E-state index >= 15 is 0 Å². The predicted octanol–water partition coefficient (Wildman–Crippen LogP) is 1.63. The first-order valence-electron chi connectivity index (χ1n) is 7.07. The van der Waals surface area contributed by atoms with Gasteiger partial charge in [0.15, 0.2) is 0 Å². The first kappa shape index (κ1) is 14.3. The van der Waals surface area contributed by atoms with E-state index in [1.165, 1.54) is 5.56 Å². The molecular formula is C15H24N2O2. The van der Waals surface area contributed by atoms with Crippen LogP contribution in [0.4, 0.5) is 0 Å². The summed E-state index contributed by atoms with van der Waals surface area (Å²) >= 11 is 0. The number of nitrogens with zero attached hydrogens (tertiary/aromatic N) is 1. The second-order valence-corrected chi connectivity index (χ2v) is 4.96. The van der Waals surface area contributed by atoms with Crippen molar-refractivity contribution in [3.8, 4) is 5.75 Å². The largest absolute Gasteiger partial charge is 0.494 e. The van der Waals surface area contributed by atoms with E-state index in [-0.39, 0.29) is 6.10 Å². The molecule has 0 aromatic heterocycles. The third-order valence-corrected chi connectivity index (χ3v) is 3.26. The third kappa shape index (κ3) is 4.49. The summed E-state index contributed by atoms with van der Waals surface area (Å²) < 4.78 is 11.2. The Morgan fingerprint density at radius 1 is 1.47 bits per heavy atom. The van der Waals surface area contributed by atoms with E-state index in [2.05, 4.69) is 30.0 Å². The van der Waals surface area contributed by atoms with Crippen LogP contribution in [-0.4, -0.2) is 43.9 Å². The molecule has 0 saturated carbocycles. The van der Waals surface area contributed by atoms with Gasteiger partial charge in [-0.1, -0.05) is 19.1 Å². The van der Waals surface area contributed by atoms with Gasteiger partial charge in [-0.15, -0.1) is 0 Å². The van der Waals surface area contributed by atoms with Crippen molar-refractivity contribution in [3.63, 3.8) is 0 Å². The summed E-state index contributed by atoms with van der Waals surface area (Å²) in [5.74, 6) is 0.961. The molecule has 1 aliphatic heterocycles. The van der Waals surface area contributed by atoms with Crippen molar-refractivity contribution in [2.24, 2.45) is 5.73 Å². The fourth-order valence-electron chi connectivity index (χ4n) is 2.28. The van der Waals surface area contributed by atoms with Gasteiger partial charge in [-0.2, -0.15) is 0 Å². The molecule has 1 unspecified atom stereocenters. The van der Waals surface area contributed by atoms with E-state index in [9.17, 15) is 0 Å². The number of rotatable bonds is 6. The summed E-state index contributed by atoms with van der Waals surface area (Å²) in [6.07, 6.45) is 1.21. The zero-order valence-electron chi connectivity index (χ0n) is 11.7. The monoisotopic (exact) mass is 264 g/mol. The molecule has 0 aliphatic carbocycles. The Hall–Kier alpha value is -1.10. The van der Waals surface area contributed by atoms with Crippen molar-refractivity contribution in [3.05, 3.63) is 29.8 Å². The first-order valence-corrected chi connectivity index (χ1v) is 7.07. The lowest BCUT2D eigenvalue weighted by Crippen LogP contribution is -2.45. The summed E-state index contributed by atoms with van der Waals surface area (Å²) in [6.45, 7) is 7.07. The lowest BCUT2D eigenvalue weighted by Gasteiger charge is -2.32. The topological polar surface area (TPSA) is 47.7 Å². The Morgan fingerprint density at radius 3 is 3.16 bits per heavy atom. The van der Waals surface area contributed by atoms with Gasteiger partial charge < -0.3 is 15.2 Å². The molecule has 1 aromatic carbocycles. The molecule has 2 N–H and O–H groups in total. The number of benzene rings is 1. The van der Waals surface area contributed by atoms with E-state index in [4.69, 9.17) is 15.2 Å². The van der Waals surface area contributed by atoms with Crippen LogP contribution in [0.25, 0.3) is 0 Å². The van der Waals surface area contributed by atoms with E-state index in [0.29, 0.717) is 6.54 Å². The molecule has 4 nitrogen and oxygen atoms in total. The summed E-state index contributed by atoms with van der Waals surface area (Å²) in [7, 11) is 0. The summed E-state index contributed by atoms with van der Waals surface area (Å²) in [5, 5.41) is 0. The molecule has 1 aromatic rings. The Balaban J connectivity index is 1.90. The number of nitrogens with two attached hydrogens (primary N) is 1. The normalized spacial score (nSPS) is 20.4. The third-order valence-electron chi connectivity index (χ3n) is 3.26. The molecule has 1 heterocycles. The summed E-state index contributed by atoms with van der Waals surface area (Å²) in [6, 6.07) is 8.34. The Labute approximate surface area is 115 Å². The average molecular weight is 264 g/mol. The summed E-state index contributed by atoms with van der Waals surface area (Å²) in [4.78, 5) is 2.39. The highest BCUT2D eigenvalue weighted by molar-refractivity contribution is 5.28.